The smallest absolute Gasteiger partial charge is 0.279 e. The maximum absolute atomic E-state index is 12.1. The van der Waals surface area contributed by atoms with Gasteiger partial charge in [0.1, 0.15) is 0 Å². The molecule has 1 rings (SSSR count). The van der Waals surface area contributed by atoms with E-state index in [9.17, 15) is 8.42 Å². The molecule has 0 aromatic rings. The van der Waals surface area contributed by atoms with Crippen LogP contribution in [-0.2, 0) is 10.2 Å². The third kappa shape index (κ3) is 4.54. The van der Waals surface area contributed by atoms with Crippen molar-refractivity contribution < 1.29 is 8.42 Å². The second kappa shape index (κ2) is 6.13. The first-order valence-corrected chi connectivity index (χ1v) is 7.79. The van der Waals surface area contributed by atoms with E-state index in [1.807, 2.05) is 6.92 Å². The maximum atomic E-state index is 12.1. The molecule has 0 aromatic heterocycles. The molecule has 0 atom stereocenters. The van der Waals surface area contributed by atoms with Gasteiger partial charge in [0.25, 0.3) is 10.2 Å². The molecule has 1 heterocycles. The Hall–Kier alpha value is -0.170. The zero-order valence-corrected chi connectivity index (χ0v) is 11.9. The quantitative estimate of drug-likeness (QED) is 0.741. The van der Waals surface area contributed by atoms with E-state index in [0.717, 1.165) is 38.8 Å². The monoisotopic (exact) mass is 263 g/mol. The van der Waals surface area contributed by atoms with Gasteiger partial charge in [0.05, 0.1) is 0 Å². The topological polar surface area (TPSA) is 61.4 Å². The van der Waals surface area contributed by atoms with Crippen molar-refractivity contribution in [1.29, 1.82) is 0 Å². The summed E-state index contributed by atoms with van der Waals surface area (Å²) in [5.74, 6) is 0. The third-order valence-corrected chi connectivity index (χ3v) is 5.07. The van der Waals surface area contributed by atoms with Gasteiger partial charge in [-0.15, -0.1) is 0 Å². The van der Waals surface area contributed by atoms with Gasteiger partial charge in [-0.05, 0) is 39.3 Å². The van der Waals surface area contributed by atoms with Gasteiger partial charge < -0.3 is 5.32 Å². The summed E-state index contributed by atoms with van der Waals surface area (Å²) >= 11 is 0. The Kier molecular flexibility index (Phi) is 5.37. The molecule has 1 saturated heterocycles. The zero-order valence-electron chi connectivity index (χ0n) is 11.1. The highest BCUT2D eigenvalue weighted by Crippen LogP contribution is 2.19. The lowest BCUT2D eigenvalue weighted by molar-refractivity contribution is 0.299. The van der Waals surface area contributed by atoms with E-state index in [4.69, 9.17) is 0 Å². The summed E-state index contributed by atoms with van der Waals surface area (Å²) in [5.41, 5.74) is -0.301. The third-order valence-electron chi connectivity index (χ3n) is 3.32. The van der Waals surface area contributed by atoms with Crippen LogP contribution in [0.4, 0.5) is 0 Å². The molecule has 6 heteroatoms. The first-order chi connectivity index (χ1) is 7.90. The van der Waals surface area contributed by atoms with E-state index in [1.54, 1.807) is 7.05 Å². The van der Waals surface area contributed by atoms with Crippen LogP contribution >= 0.6 is 0 Å². The summed E-state index contributed by atoms with van der Waals surface area (Å²) in [6, 6.07) is 0. The van der Waals surface area contributed by atoms with E-state index in [0.29, 0.717) is 6.54 Å². The highest BCUT2D eigenvalue weighted by atomic mass is 32.2. The lowest BCUT2D eigenvalue weighted by atomic mass is 9.92. The van der Waals surface area contributed by atoms with Crippen molar-refractivity contribution in [2.24, 2.45) is 0 Å². The number of rotatable bonds is 6. The fraction of sp³-hybridized carbons (Fsp3) is 1.00. The van der Waals surface area contributed by atoms with Crippen LogP contribution in [0.5, 0.6) is 0 Å². The van der Waals surface area contributed by atoms with Crippen LogP contribution in [0, 0.1) is 0 Å². The van der Waals surface area contributed by atoms with Gasteiger partial charge in [0.2, 0.25) is 0 Å². The second-order valence-corrected chi connectivity index (χ2v) is 6.87. The van der Waals surface area contributed by atoms with Crippen molar-refractivity contribution in [2.45, 2.75) is 45.1 Å². The van der Waals surface area contributed by atoms with Gasteiger partial charge in [-0.1, -0.05) is 13.3 Å². The molecule has 1 aliphatic heterocycles. The van der Waals surface area contributed by atoms with Gasteiger partial charge in [-0.2, -0.15) is 17.4 Å². The van der Waals surface area contributed by atoms with Crippen molar-refractivity contribution in [1.82, 2.24) is 14.3 Å². The Morgan fingerprint density at radius 2 is 1.94 bits per heavy atom. The molecular weight excluding hydrogens is 238 g/mol. The number of nitrogens with one attached hydrogen (secondary N) is 2. The van der Waals surface area contributed by atoms with Gasteiger partial charge in [-0.25, -0.2) is 0 Å². The van der Waals surface area contributed by atoms with Crippen LogP contribution in [0.15, 0.2) is 0 Å². The average molecular weight is 263 g/mol. The van der Waals surface area contributed by atoms with Crippen LogP contribution in [0.1, 0.15) is 39.5 Å². The first kappa shape index (κ1) is 14.9. The summed E-state index contributed by atoms with van der Waals surface area (Å²) in [4.78, 5) is 0. The molecule has 102 valence electrons. The molecule has 0 saturated carbocycles. The van der Waals surface area contributed by atoms with Crippen LogP contribution < -0.4 is 10.0 Å². The summed E-state index contributed by atoms with van der Waals surface area (Å²) in [5, 5.41) is 3.24. The highest BCUT2D eigenvalue weighted by molar-refractivity contribution is 7.87. The van der Waals surface area contributed by atoms with E-state index < -0.39 is 10.2 Å². The highest BCUT2D eigenvalue weighted by Gasteiger charge is 2.32. The Morgan fingerprint density at radius 1 is 1.35 bits per heavy atom. The summed E-state index contributed by atoms with van der Waals surface area (Å²) in [7, 11) is -1.69. The lowest BCUT2D eigenvalue weighted by Gasteiger charge is -2.35. The SMILES string of the molecule is CCCCN(C)S(=O)(=O)NC1(C)CCNCC1. The minimum absolute atomic E-state index is 0.301. The molecule has 2 N–H and O–H groups in total. The largest absolute Gasteiger partial charge is 0.317 e. The summed E-state index contributed by atoms with van der Waals surface area (Å²) in [6.07, 6.45) is 3.58. The number of hydrogen-bond donors (Lipinski definition) is 2. The summed E-state index contributed by atoms with van der Waals surface area (Å²) in [6.45, 7) is 6.37. The maximum Gasteiger partial charge on any atom is 0.279 e. The molecule has 0 unspecified atom stereocenters. The van der Waals surface area contributed by atoms with Gasteiger partial charge in [0, 0.05) is 19.1 Å². The van der Waals surface area contributed by atoms with Crippen molar-refractivity contribution >= 4 is 10.2 Å². The van der Waals surface area contributed by atoms with E-state index in [-0.39, 0.29) is 5.54 Å². The van der Waals surface area contributed by atoms with Crippen molar-refractivity contribution in [3.63, 3.8) is 0 Å². The molecule has 0 spiro atoms. The Morgan fingerprint density at radius 3 is 2.47 bits per heavy atom. The van der Waals surface area contributed by atoms with E-state index in [1.165, 1.54) is 4.31 Å². The minimum Gasteiger partial charge on any atom is -0.317 e. The van der Waals surface area contributed by atoms with Gasteiger partial charge in [0.15, 0.2) is 0 Å². The molecule has 0 bridgehead atoms. The van der Waals surface area contributed by atoms with Crippen molar-refractivity contribution in [3.05, 3.63) is 0 Å². The van der Waals surface area contributed by atoms with Crippen LogP contribution in [0.3, 0.4) is 0 Å². The predicted octanol–water partition coefficient (Wildman–Crippen LogP) is 0.695. The lowest BCUT2D eigenvalue weighted by Crippen LogP contribution is -2.55. The molecule has 0 aliphatic carbocycles. The van der Waals surface area contributed by atoms with Crippen molar-refractivity contribution in [3.8, 4) is 0 Å². The molecule has 0 aromatic carbocycles. The molecule has 5 nitrogen and oxygen atoms in total. The van der Waals surface area contributed by atoms with Gasteiger partial charge >= 0.3 is 0 Å². The van der Waals surface area contributed by atoms with Gasteiger partial charge in [-0.3, -0.25) is 0 Å². The second-order valence-electron chi connectivity index (χ2n) is 5.09. The molecule has 0 amide bonds. The molecule has 17 heavy (non-hydrogen) atoms. The van der Waals surface area contributed by atoms with E-state index in [2.05, 4.69) is 17.0 Å². The Bertz CT molecular complexity index is 324. The fourth-order valence-electron chi connectivity index (χ4n) is 1.97. The normalized spacial score (nSPS) is 20.7. The predicted molar refractivity (Wildman–Crippen MR) is 70.1 cm³/mol. The van der Waals surface area contributed by atoms with Crippen LogP contribution in [-0.4, -0.2) is 44.9 Å². The standard InChI is InChI=1S/C11H25N3O2S/c1-4-5-10-14(3)17(15,16)13-11(2)6-8-12-9-7-11/h12-13H,4-10H2,1-3H3. The zero-order chi connectivity index (χ0) is 12.9. The molecular formula is C11H25N3O2S. The fourth-order valence-corrected chi connectivity index (χ4v) is 3.32. The number of hydrogen-bond acceptors (Lipinski definition) is 3. The number of unbranched alkanes of at least 4 members (excludes halogenated alkanes) is 1. The minimum atomic E-state index is -3.34. The molecule has 1 aliphatic rings. The summed E-state index contributed by atoms with van der Waals surface area (Å²) < 4.78 is 28.5. The Labute approximate surface area is 105 Å². The number of nitrogens with zero attached hydrogens (tertiary/aromatic N) is 1. The average Bonchev–Trinajstić information content (AvgIpc) is 2.25. The van der Waals surface area contributed by atoms with Crippen LogP contribution in [0.25, 0.3) is 0 Å². The Balaban J connectivity index is 2.58. The van der Waals surface area contributed by atoms with Crippen molar-refractivity contribution in [2.75, 3.05) is 26.7 Å². The number of piperidine rings is 1. The molecule has 1 fully saturated rings. The molecule has 0 radical (unpaired) electrons. The van der Waals surface area contributed by atoms with Crippen LogP contribution in [0.2, 0.25) is 0 Å². The first-order valence-electron chi connectivity index (χ1n) is 6.35. The van der Waals surface area contributed by atoms with E-state index >= 15 is 0 Å².